The van der Waals surface area contributed by atoms with Crippen molar-refractivity contribution in [2.24, 2.45) is 5.92 Å². The molecule has 33 heavy (non-hydrogen) atoms. The number of benzene rings is 1. The normalized spacial score (nSPS) is 17.1. The van der Waals surface area contributed by atoms with Crippen molar-refractivity contribution in [2.45, 2.75) is 40.2 Å². The monoisotopic (exact) mass is 455 g/mol. The quantitative estimate of drug-likeness (QED) is 0.648. The maximum absolute atomic E-state index is 13.2. The number of ether oxygens (including phenoxy) is 3. The van der Waals surface area contributed by atoms with Crippen LogP contribution in [0.4, 0.5) is 0 Å². The Labute approximate surface area is 192 Å². The van der Waals surface area contributed by atoms with Crippen molar-refractivity contribution >= 4 is 17.8 Å². The largest absolute Gasteiger partial charge is 0.462 e. The summed E-state index contributed by atoms with van der Waals surface area (Å²) < 4.78 is 15.8. The molecule has 1 saturated heterocycles. The number of carbonyl (C=O) groups excluding carboxylic acids is 3. The summed E-state index contributed by atoms with van der Waals surface area (Å²) in [5.41, 5.74) is 2.86. The molecule has 2 amide bonds. The first kappa shape index (κ1) is 22.7. The average Bonchev–Trinajstić information content (AvgIpc) is 3.40. The van der Waals surface area contributed by atoms with Crippen LogP contribution in [0, 0.1) is 19.8 Å². The van der Waals surface area contributed by atoms with Crippen LogP contribution in [0.25, 0.3) is 0 Å². The molecule has 0 aliphatic carbocycles. The summed E-state index contributed by atoms with van der Waals surface area (Å²) in [6.45, 7) is 6.97. The van der Waals surface area contributed by atoms with Gasteiger partial charge in [-0.05, 0) is 56.9 Å². The van der Waals surface area contributed by atoms with Gasteiger partial charge in [0.15, 0.2) is 11.5 Å². The molecule has 1 aromatic heterocycles. The van der Waals surface area contributed by atoms with E-state index in [0.29, 0.717) is 60.1 Å². The highest BCUT2D eigenvalue weighted by Gasteiger charge is 2.31. The van der Waals surface area contributed by atoms with Gasteiger partial charge >= 0.3 is 5.97 Å². The van der Waals surface area contributed by atoms with Gasteiger partial charge in [0, 0.05) is 25.3 Å². The Morgan fingerprint density at radius 3 is 2.79 bits per heavy atom. The van der Waals surface area contributed by atoms with E-state index < -0.39 is 5.97 Å². The van der Waals surface area contributed by atoms with Crippen LogP contribution in [0.2, 0.25) is 0 Å². The van der Waals surface area contributed by atoms with Crippen LogP contribution in [-0.2, 0) is 16.1 Å². The van der Waals surface area contributed by atoms with E-state index in [2.05, 4.69) is 10.3 Å². The van der Waals surface area contributed by atoms with E-state index in [0.717, 1.165) is 12.0 Å². The molecule has 2 aliphatic heterocycles. The molecule has 1 fully saturated rings. The minimum atomic E-state index is -0.442. The second-order valence-corrected chi connectivity index (χ2v) is 8.34. The van der Waals surface area contributed by atoms with E-state index in [1.165, 1.54) is 0 Å². The van der Waals surface area contributed by atoms with Gasteiger partial charge in [-0.1, -0.05) is 6.07 Å². The molecule has 0 bridgehead atoms. The minimum Gasteiger partial charge on any atom is -0.462 e. The molecule has 3 heterocycles. The van der Waals surface area contributed by atoms with E-state index in [-0.39, 0.29) is 31.1 Å². The molecular formula is C24H29N3O6. The maximum Gasteiger partial charge on any atom is 0.340 e. The number of nitrogens with one attached hydrogen (secondary N) is 2. The van der Waals surface area contributed by atoms with Crippen molar-refractivity contribution in [1.82, 2.24) is 15.2 Å². The smallest absolute Gasteiger partial charge is 0.340 e. The second-order valence-electron chi connectivity index (χ2n) is 8.34. The number of aromatic nitrogens is 1. The molecule has 9 heteroatoms. The number of hydrogen-bond donors (Lipinski definition) is 2. The summed E-state index contributed by atoms with van der Waals surface area (Å²) in [7, 11) is 0. The number of likely N-dealkylation sites (tertiary alicyclic amines) is 1. The molecular weight excluding hydrogens is 426 g/mol. The van der Waals surface area contributed by atoms with E-state index in [1.807, 2.05) is 18.2 Å². The lowest BCUT2D eigenvalue weighted by atomic mass is 9.96. The molecule has 0 saturated carbocycles. The summed E-state index contributed by atoms with van der Waals surface area (Å²) in [5, 5.41) is 2.97. The third-order valence-electron chi connectivity index (χ3n) is 6.11. The van der Waals surface area contributed by atoms with Crippen LogP contribution >= 0.6 is 0 Å². The summed E-state index contributed by atoms with van der Waals surface area (Å²) >= 11 is 0. The van der Waals surface area contributed by atoms with Crippen molar-refractivity contribution in [3.05, 3.63) is 46.3 Å². The summed E-state index contributed by atoms with van der Waals surface area (Å²) in [5.74, 6) is 0.346. The summed E-state index contributed by atoms with van der Waals surface area (Å²) in [4.78, 5) is 43.0. The molecule has 0 radical (unpaired) electrons. The third kappa shape index (κ3) is 4.67. The van der Waals surface area contributed by atoms with Gasteiger partial charge in [-0.25, -0.2) is 4.79 Å². The van der Waals surface area contributed by atoms with Gasteiger partial charge in [0.05, 0.1) is 18.1 Å². The Morgan fingerprint density at radius 2 is 2.00 bits per heavy atom. The Hall–Kier alpha value is -3.49. The highest BCUT2D eigenvalue weighted by molar-refractivity contribution is 6.00. The molecule has 2 N–H and O–H groups in total. The second kappa shape index (κ2) is 9.56. The zero-order chi connectivity index (χ0) is 23.5. The summed E-state index contributed by atoms with van der Waals surface area (Å²) in [6.07, 6.45) is 1.45. The van der Waals surface area contributed by atoms with Crippen molar-refractivity contribution in [1.29, 1.82) is 0 Å². The molecule has 4 rings (SSSR count). The molecule has 1 aromatic carbocycles. The van der Waals surface area contributed by atoms with Gasteiger partial charge in [-0.2, -0.15) is 0 Å². The Kier molecular flexibility index (Phi) is 6.57. The highest BCUT2D eigenvalue weighted by Crippen LogP contribution is 2.32. The van der Waals surface area contributed by atoms with Crippen LogP contribution < -0.4 is 14.8 Å². The summed E-state index contributed by atoms with van der Waals surface area (Å²) in [6, 6.07) is 5.58. The number of H-pyrrole nitrogens is 1. The van der Waals surface area contributed by atoms with Crippen molar-refractivity contribution in [3.63, 3.8) is 0 Å². The number of carbonyl (C=O) groups is 3. The number of esters is 1. The molecule has 2 aliphatic rings. The Balaban J connectivity index is 1.39. The van der Waals surface area contributed by atoms with Gasteiger partial charge in [-0.3, -0.25) is 9.59 Å². The number of hydrogen-bond acceptors (Lipinski definition) is 6. The van der Waals surface area contributed by atoms with Crippen molar-refractivity contribution < 1.29 is 28.6 Å². The van der Waals surface area contributed by atoms with Crippen LogP contribution in [0.15, 0.2) is 18.2 Å². The molecule has 9 nitrogen and oxygen atoms in total. The predicted molar refractivity (Wildman–Crippen MR) is 119 cm³/mol. The first-order chi connectivity index (χ1) is 15.9. The van der Waals surface area contributed by atoms with Gasteiger partial charge in [0.2, 0.25) is 12.7 Å². The lowest BCUT2D eigenvalue weighted by Crippen LogP contribution is -2.45. The van der Waals surface area contributed by atoms with Crippen LogP contribution in [-0.4, -0.2) is 54.2 Å². The Bertz CT molecular complexity index is 1080. The fraction of sp³-hybridized carbons (Fsp3) is 0.458. The Morgan fingerprint density at radius 1 is 1.21 bits per heavy atom. The fourth-order valence-electron chi connectivity index (χ4n) is 4.39. The zero-order valence-electron chi connectivity index (χ0n) is 19.2. The average molecular weight is 456 g/mol. The number of amides is 2. The SMILES string of the molecule is CCOC(=O)c1c(C)[nH]c(C(=O)N2CCCC(C(=O)NCc3ccc4c(c3)OCO4)C2)c1C. The van der Waals surface area contributed by atoms with Gasteiger partial charge in [-0.15, -0.1) is 0 Å². The molecule has 1 atom stereocenters. The molecule has 2 aromatic rings. The van der Waals surface area contributed by atoms with Gasteiger partial charge in [0.25, 0.3) is 5.91 Å². The predicted octanol–water partition coefficient (Wildman–Crippen LogP) is 2.71. The van der Waals surface area contributed by atoms with Crippen LogP contribution in [0.5, 0.6) is 11.5 Å². The van der Waals surface area contributed by atoms with Crippen LogP contribution in [0.1, 0.15) is 57.4 Å². The van der Waals surface area contributed by atoms with E-state index in [9.17, 15) is 14.4 Å². The lowest BCUT2D eigenvalue weighted by Gasteiger charge is -2.32. The lowest BCUT2D eigenvalue weighted by molar-refractivity contribution is -0.126. The number of fused-ring (bicyclic) bond motifs is 1. The fourth-order valence-corrected chi connectivity index (χ4v) is 4.39. The molecule has 1 unspecified atom stereocenters. The molecule has 0 spiro atoms. The van der Waals surface area contributed by atoms with Crippen molar-refractivity contribution in [2.75, 3.05) is 26.5 Å². The maximum atomic E-state index is 13.2. The minimum absolute atomic E-state index is 0.0863. The number of rotatable bonds is 6. The number of aryl methyl sites for hydroxylation is 1. The van der Waals surface area contributed by atoms with Gasteiger partial charge < -0.3 is 29.4 Å². The number of aromatic amines is 1. The van der Waals surface area contributed by atoms with E-state index >= 15 is 0 Å². The van der Waals surface area contributed by atoms with Crippen LogP contribution in [0.3, 0.4) is 0 Å². The molecule has 176 valence electrons. The highest BCUT2D eigenvalue weighted by atomic mass is 16.7. The van der Waals surface area contributed by atoms with E-state index in [1.54, 1.807) is 25.7 Å². The third-order valence-corrected chi connectivity index (χ3v) is 6.11. The van der Waals surface area contributed by atoms with Crippen molar-refractivity contribution in [3.8, 4) is 11.5 Å². The first-order valence-electron chi connectivity index (χ1n) is 11.2. The number of piperidine rings is 1. The van der Waals surface area contributed by atoms with E-state index in [4.69, 9.17) is 14.2 Å². The first-order valence-corrected chi connectivity index (χ1v) is 11.2. The standard InChI is InChI=1S/C24H29N3O6/c1-4-31-24(30)20-14(2)21(26-15(20)3)23(29)27-9-5-6-17(12-27)22(28)25-11-16-7-8-18-19(10-16)33-13-32-18/h7-8,10,17,26H,4-6,9,11-13H2,1-3H3,(H,25,28). The number of nitrogens with zero attached hydrogens (tertiary/aromatic N) is 1. The zero-order valence-corrected chi connectivity index (χ0v) is 19.2. The van der Waals surface area contributed by atoms with Gasteiger partial charge in [0.1, 0.15) is 5.69 Å². The topological polar surface area (TPSA) is 110 Å².